The predicted octanol–water partition coefficient (Wildman–Crippen LogP) is 2.70. The van der Waals surface area contributed by atoms with Crippen molar-refractivity contribution in [2.45, 2.75) is 39.0 Å². The third-order valence-electron chi connectivity index (χ3n) is 3.41. The lowest BCUT2D eigenvalue weighted by atomic mass is 9.96. The lowest BCUT2D eigenvalue weighted by Gasteiger charge is -2.11. The smallest absolute Gasteiger partial charge is 0.00746 e. The van der Waals surface area contributed by atoms with Gasteiger partial charge in [-0.05, 0) is 61.3 Å². The van der Waals surface area contributed by atoms with E-state index in [1.54, 1.807) is 11.1 Å². The average Bonchev–Trinajstić information content (AvgIpc) is 2.65. The highest BCUT2D eigenvalue weighted by Crippen LogP contribution is 2.24. The molecule has 1 aliphatic carbocycles. The summed E-state index contributed by atoms with van der Waals surface area (Å²) in [6.07, 6.45) is 6.24. The first kappa shape index (κ1) is 10.7. The van der Waals surface area contributed by atoms with Crippen LogP contribution in [-0.2, 0) is 19.3 Å². The van der Waals surface area contributed by atoms with Crippen molar-refractivity contribution < 1.29 is 0 Å². The summed E-state index contributed by atoms with van der Waals surface area (Å²) in [5, 5.41) is 0. The van der Waals surface area contributed by atoms with Crippen molar-refractivity contribution >= 4 is 0 Å². The summed E-state index contributed by atoms with van der Waals surface area (Å²) in [6, 6.07) is 7.04. The van der Waals surface area contributed by atoms with E-state index >= 15 is 0 Å². The Morgan fingerprint density at radius 3 is 2.87 bits per heavy atom. The molecular formula is C14H21N. The number of nitrogens with two attached hydrogens (primary N) is 1. The molecule has 1 aromatic carbocycles. The number of hydrogen-bond donors (Lipinski definition) is 1. The van der Waals surface area contributed by atoms with E-state index in [-0.39, 0.29) is 0 Å². The van der Waals surface area contributed by atoms with E-state index in [1.807, 2.05) is 0 Å². The van der Waals surface area contributed by atoms with E-state index in [9.17, 15) is 0 Å². The number of benzene rings is 1. The molecule has 2 N–H and O–H groups in total. The van der Waals surface area contributed by atoms with Gasteiger partial charge < -0.3 is 5.73 Å². The van der Waals surface area contributed by atoms with Crippen LogP contribution in [0.4, 0.5) is 0 Å². The highest BCUT2D eigenvalue weighted by molar-refractivity contribution is 5.35. The first-order valence-electron chi connectivity index (χ1n) is 6.10. The Labute approximate surface area is 92.7 Å². The number of rotatable bonds is 4. The Bertz CT molecular complexity index is 330. The van der Waals surface area contributed by atoms with Gasteiger partial charge in [-0.15, -0.1) is 0 Å². The monoisotopic (exact) mass is 203 g/mol. The van der Waals surface area contributed by atoms with Crippen molar-refractivity contribution in [1.82, 2.24) is 0 Å². The molecule has 15 heavy (non-hydrogen) atoms. The van der Waals surface area contributed by atoms with Gasteiger partial charge in [0, 0.05) is 0 Å². The molecule has 0 amide bonds. The van der Waals surface area contributed by atoms with E-state index in [2.05, 4.69) is 25.1 Å². The zero-order valence-corrected chi connectivity index (χ0v) is 9.63. The van der Waals surface area contributed by atoms with Crippen LogP contribution < -0.4 is 5.73 Å². The highest BCUT2D eigenvalue weighted by atomic mass is 14.5. The minimum atomic E-state index is 0.717. The van der Waals surface area contributed by atoms with Crippen LogP contribution in [0.2, 0.25) is 0 Å². The Morgan fingerprint density at radius 2 is 2.07 bits per heavy atom. The molecule has 0 aromatic heterocycles. The van der Waals surface area contributed by atoms with Crippen molar-refractivity contribution in [2.24, 2.45) is 11.7 Å². The van der Waals surface area contributed by atoms with Crippen LogP contribution in [0.25, 0.3) is 0 Å². The largest absolute Gasteiger partial charge is 0.330 e. The molecule has 0 radical (unpaired) electrons. The fourth-order valence-electron chi connectivity index (χ4n) is 2.54. The minimum absolute atomic E-state index is 0.717. The van der Waals surface area contributed by atoms with Gasteiger partial charge in [0.1, 0.15) is 0 Å². The molecule has 1 aromatic rings. The van der Waals surface area contributed by atoms with E-state index in [4.69, 9.17) is 5.73 Å². The third kappa shape index (κ3) is 2.60. The molecule has 0 aliphatic heterocycles. The van der Waals surface area contributed by atoms with E-state index in [1.165, 1.54) is 31.2 Å². The Morgan fingerprint density at radius 1 is 1.27 bits per heavy atom. The van der Waals surface area contributed by atoms with Crippen molar-refractivity contribution in [3.63, 3.8) is 0 Å². The van der Waals surface area contributed by atoms with E-state index in [0.29, 0.717) is 0 Å². The van der Waals surface area contributed by atoms with Crippen LogP contribution in [0.15, 0.2) is 18.2 Å². The van der Waals surface area contributed by atoms with Gasteiger partial charge >= 0.3 is 0 Å². The number of aryl methyl sites for hydroxylation is 2. The molecule has 1 unspecified atom stereocenters. The SMILES string of the molecule is CC(CCN)Cc1ccc2c(c1)CCC2. The lowest BCUT2D eigenvalue weighted by molar-refractivity contribution is 0.538. The van der Waals surface area contributed by atoms with Gasteiger partial charge in [0.05, 0.1) is 0 Å². The van der Waals surface area contributed by atoms with Gasteiger partial charge in [0.15, 0.2) is 0 Å². The number of hydrogen-bond acceptors (Lipinski definition) is 1. The van der Waals surface area contributed by atoms with Crippen LogP contribution >= 0.6 is 0 Å². The third-order valence-corrected chi connectivity index (χ3v) is 3.41. The minimum Gasteiger partial charge on any atom is -0.330 e. The fourth-order valence-corrected chi connectivity index (χ4v) is 2.54. The zero-order valence-electron chi connectivity index (χ0n) is 9.63. The molecule has 0 fully saturated rings. The Balaban J connectivity index is 2.03. The molecule has 0 saturated heterocycles. The van der Waals surface area contributed by atoms with Gasteiger partial charge in [-0.25, -0.2) is 0 Å². The van der Waals surface area contributed by atoms with Crippen LogP contribution in [0.1, 0.15) is 36.5 Å². The van der Waals surface area contributed by atoms with Crippen LogP contribution in [0.3, 0.4) is 0 Å². The molecule has 1 atom stereocenters. The maximum Gasteiger partial charge on any atom is -0.00746 e. The molecule has 0 bridgehead atoms. The summed E-state index contributed by atoms with van der Waals surface area (Å²) in [5.41, 5.74) is 10.2. The summed E-state index contributed by atoms with van der Waals surface area (Å²) in [4.78, 5) is 0. The maximum absolute atomic E-state index is 5.57. The zero-order chi connectivity index (χ0) is 10.7. The molecular weight excluding hydrogens is 182 g/mol. The second-order valence-electron chi connectivity index (χ2n) is 4.84. The van der Waals surface area contributed by atoms with Crippen LogP contribution in [0, 0.1) is 5.92 Å². The first-order valence-corrected chi connectivity index (χ1v) is 6.10. The first-order chi connectivity index (χ1) is 7.29. The molecule has 0 saturated carbocycles. The van der Waals surface area contributed by atoms with Crippen molar-refractivity contribution in [3.05, 3.63) is 34.9 Å². The van der Waals surface area contributed by atoms with Crippen molar-refractivity contribution in [1.29, 1.82) is 0 Å². The quantitative estimate of drug-likeness (QED) is 0.800. The molecule has 1 nitrogen and oxygen atoms in total. The van der Waals surface area contributed by atoms with Crippen LogP contribution in [0.5, 0.6) is 0 Å². The van der Waals surface area contributed by atoms with Gasteiger partial charge in [0.2, 0.25) is 0 Å². The van der Waals surface area contributed by atoms with E-state index < -0.39 is 0 Å². The maximum atomic E-state index is 5.57. The Hall–Kier alpha value is -0.820. The van der Waals surface area contributed by atoms with Crippen molar-refractivity contribution in [3.8, 4) is 0 Å². The van der Waals surface area contributed by atoms with Gasteiger partial charge in [-0.2, -0.15) is 0 Å². The lowest BCUT2D eigenvalue weighted by Crippen LogP contribution is -2.08. The molecule has 82 valence electrons. The summed E-state index contributed by atoms with van der Waals surface area (Å²) < 4.78 is 0. The normalized spacial score (nSPS) is 16.4. The topological polar surface area (TPSA) is 26.0 Å². The molecule has 1 heteroatoms. The molecule has 0 heterocycles. The second-order valence-corrected chi connectivity index (χ2v) is 4.84. The molecule has 2 rings (SSSR count). The highest BCUT2D eigenvalue weighted by Gasteiger charge is 2.11. The summed E-state index contributed by atoms with van der Waals surface area (Å²) in [7, 11) is 0. The fraction of sp³-hybridized carbons (Fsp3) is 0.571. The summed E-state index contributed by atoms with van der Waals surface area (Å²) >= 11 is 0. The van der Waals surface area contributed by atoms with Gasteiger partial charge in [-0.3, -0.25) is 0 Å². The standard InChI is InChI=1S/C14H21N/c1-11(7-8-15)9-12-5-6-13-3-2-4-14(13)10-12/h5-6,10-11H,2-4,7-9,15H2,1H3. The van der Waals surface area contributed by atoms with Gasteiger partial charge in [-0.1, -0.05) is 25.1 Å². The predicted molar refractivity (Wildman–Crippen MR) is 65.0 cm³/mol. The van der Waals surface area contributed by atoms with E-state index in [0.717, 1.165) is 18.9 Å². The summed E-state index contributed by atoms with van der Waals surface area (Å²) in [5.74, 6) is 0.717. The second kappa shape index (κ2) is 4.80. The van der Waals surface area contributed by atoms with Gasteiger partial charge in [0.25, 0.3) is 0 Å². The molecule has 0 spiro atoms. The summed E-state index contributed by atoms with van der Waals surface area (Å²) in [6.45, 7) is 3.10. The van der Waals surface area contributed by atoms with Crippen molar-refractivity contribution in [2.75, 3.05) is 6.54 Å². The molecule has 1 aliphatic rings. The number of fused-ring (bicyclic) bond motifs is 1. The Kier molecular flexibility index (Phi) is 3.42. The average molecular weight is 203 g/mol. The van der Waals surface area contributed by atoms with Crippen LogP contribution in [-0.4, -0.2) is 6.54 Å².